The quantitative estimate of drug-likeness (QED) is 0.375. The van der Waals surface area contributed by atoms with Crippen molar-refractivity contribution in [3.63, 3.8) is 0 Å². The maximum absolute atomic E-state index is 10.8. The number of aryl methyl sites for hydroxylation is 2. The Bertz CT molecular complexity index is 902. The molecule has 2 aromatic carbocycles. The number of hydrogen-bond acceptors (Lipinski definition) is 8. The Hall–Kier alpha value is -4.48. The van der Waals surface area contributed by atoms with Crippen molar-refractivity contribution < 1.29 is 58.6 Å². The molecule has 0 saturated carbocycles. The van der Waals surface area contributed by atoms with E-state index in [1.54, 1.807) is 0 Å². The Morgan fingerprint density at radius 3 is 1.13 bits per heavy atom. The lowest BCUT2D eigenvalue weighted by atomic mass is 10.0. The molecule has 0 fully saturated rings. The Labute approximate surface area is 167 Å². The van der Waals surface area contributed by atoms with Crippen LogP contribution < -0.4 is 18.9 Å². The van der Waals surface area contributed by atoms with E-state index in [0.717, 1.165) is 0 Å². The first kappa shape index (κ1) is 21.8. The number of hydrogen-bond donors (Lipinski definition) is 4. The van der Waals surface area contributed by atoms with Crippen LogP contribution in [0.15, 0.2) is 36.4 Å². The summed E-state index contributed by atoms with van der Waals surface area (Å²) < 4.78 is 18.0. The van der Waals surface area contributed by atoms with Crippen molar-refractivity contribution in [1.29, 1.82) is 0 Å². The van der Waals surface area contributed by atoms with Crippen LogP contribution in [0.1, 0.15) is 11.1 Å². The maximum atomic E-state index is 10.8. The predicted molar refractivity (Wildman–Crippen MR) is 94.9 cm³/mol. The van der Waals surface area contributed by atoms with Gasteiger partial charge in [-0.3, -0.25) is 0 Å². The fraction of sp³-hybridized carbons (Fsp3) is 0.111. The van der Waals surface area contributed by atoms with Gasteiger partial charge < -0.3 is 39.4 Å². The molecule has 0 heterocycles. The summed E-state index contributed by atoms with van der Waals surface area (Å²) in [6.07, 6.45) is -6.01. The minimum absolute atomic E-state index is 0.301. The Kier molecular flexibility index (Phi) is 7.01. The molecule has 0 aliphatic heterocycles. The van der Waals surface area contributed by atoms with E-state index in [9.17, 15) is 19.2 Å². The van der Waals surface area contributed by atoms with E-state index in [1.807, 2.05) is 0 Å². The highest BCUT2D eigenvalue weighted by atomic mass is 16.7. The van der Waals surface area contributed by atoms with E-state index < -0.39 is 24.6 Å². The molecule has 0 aromatic heterocycles. The molecule has 0 amide bonds. The number of ether oxygens (including phenoxy) is 4. The van der Waals surface area contributed by atoms with Gasteiger partial charge in [-0.2, -0.15) is 0 Å². The fourth-order valence-corrected chi connectivity index (χ4v) is 2.41. The van der Waals surface area contributed by atoms with Crippen LogP contribution >= 0.6 is 0 Å². The molecule has 158 valence electrons. The van der Waals surface area contributed by atoms with Crippen molar-refractivity contribution in [2.45, 2.75) is 12.8 Å². The molecule has 4 N–H and O–H groups in total. The number of rotatable bonds is 7. The second kappa shape index (κ2) is 9.64. The standard InChI is InChI=1S/C18H14O12/c19-15(20)27-11-5-3-9(7-13(11)29-17(23)24)1-2-10-4-6-12(28-16(21)22)14(8-10)30-18(25)26/h3-8H,1-2H2,(H,19,20)(H,21,22)(H,23,24)(H,25,26). The van der Waals surface area contributed by atoms with Crippen molar-refractivity contribution in [2.24, 2.45) is 0 Å². The van der Waals surface area contributed by atoms with Crippen molar-refractivity contribution in [2.75, 3.05) is 0 Å². The molecular formula is C18H14O12. The maximum Gasteiger partial charge on any atom is 0.511 e. The lowest BCUT2D eigenvalue weighted by molar-refractivity contribution is 0.132. The summed E-state index contributed by atoms with van der Waals surface area (Å²) in [5, 5.41) is 34.9. The first-order valence-electron chi connectivity index (χ1n) is 8.03. The summed E-state index contributed by atoms with van der Waals surface area (Å²) in [6, 6.07) is 7.99. The average Bonchev–Trinajstić information content (AvgIpc) is 2.62. The van der Waals surface area contributed by atoms with Gasteiger partial charge in [-0.15, -0.1) is 0 Å². The highest BCUT2D eigenvalue weighted by Gasteiger charge is 2.15. The van der Waals surface area contributed by atoms with Gasteiger partial charge in [0, 0.05) is 0 Å². The van der Waals surface area contributed by atoms with Gasteiger partial charge in [-0.1, -0.05) is 12.1 Å². The zero-order chi connectivity index (χ0) is 22.3. The summed E-state index contributed by atoms with van der Waals surface area (Å²) in [7, 11) is 0. The molecular weight excluding hydrogens is 408 g/mol. The second-order valence-electron chi connectivity index (χ2n) is 5.53. The smallest absolute Gasteiger partial charge is 0.449 e. The summed E-state index contributed by atoms with van der Waals surface area (Å²) >= 11 is 0. The van der Waals surface area contributed by atoms with Crippen molar-refractivity contribution in [3.8, 4) is 23.0 Å². The summed E-state index contributed by atoms with van der Waals surface area (Å²) in [4.78, 5) is 42.9. The monoisotopic (exact) mass is 422 g/mol. The predicted octanol–water partition coefficient (Wildman–Crippen LogP) is 3.70. The van der Waals surface area contributed by atoms with Crippen LogP contribution in [-0.4, -0.2) is 45.0 Å². The molecule has 0 saturated heterocycles. The molecule has 0 atom stereocenters. The first-order chi connectivity index (χ1) is 14.1. The fourth-order valence-electron chi connectivity index (χ4n) is 2.41. The molecule has 2 rings (SSSR count). The molecule has 0 spiro atoms. The molecule has 0 aliphatic rings. The lowest BCUT2D eigenvalue weighted by Gasteiger charge is -2.11. The topological polar surface area (TPSA) is 186 Å². The van der Waals surface area contributed by atoms with Crippen LogP contribution in [0.5, 0.6) is 23.0 Å². The van der Waals surface area contributed by atoms with E-state index in [2.05, 4.69) is 18.9 Å². The molecule has 0 radical (unpaired) electrons. The van der Waals surface area contributed by atoms with Crippen LogP contribution in [0.4, 0.5) is 19.2 Å². The third-order valence-corrected chi connectivity index (χ3v) is 3.51. The van der Waals surface area contributed by atoms with Crippen molar-refractivity contribution in [1.82, 2.24) is 0 Å². The Balaban J connectivity index is 2.21. The van der Waals surface area contributed by atoms with Crippen LogP contribution in [-0.2, 0) is 12.8 Å². The highest BCUT2D eigenvalue weighted by molar-refractivity contribution is 5.68. The van der Waals surface area contributed by atoms with E-state index in [1.165, 1.54) is 36.4 Å². The SMILES string of the molecule is O=C(O)Oc1ccc(CCc2ccc(OC(=O)O)c(OC(=O)O)c2)cc1OC(=O)O. The van der Waals surface area contributed by atoms with E-state index >= 15 is 0 Å². The zero-order valence-corrected chi connectivity index (χ0v) is 14.9. The second-order valence-corrected chi connectivity index (χ2v) is 5.53. The van der Waals surface area contributed by atoms with Gasteiger partial charge in [0.05, 0.1) is 0 Å². The molecule has 0 unspecified atom stereocenters. The average molecular weight is 422 g/mol. The van der Waals surface area contributed by atoms with Gasteiger partial charge in [0.1, 0.15) is 0 Å². The summed E-state index contributed by atoms with van der Waals surface area (Å²) in [6.45, 7) is 0. The number of benzene rings is 2. The summed E-state index contributed by atoms with van der Waals surface area (Å²) in [5.41, 5.74) is 1.10. The number of carbonyl (C=O) groups is 4. The molecule has 2 aromatic rings. The molecule has 0 aliphatic carbocycles. The van der Waals surface area contributed by atoms with Crippen LogP contribution in [0.2, 0.25) is 0 Å². The first-order valence-corrected chi connectivity index (χ1v) is 8.03. The van der Waals surface area contributed by atoms with Gasteiger partial charge in [0.25, 0.3) is 0 Å². The van der Waals surface area contributed by atoms with Crippen LogP contribution in [0, 0.1) is 0 Å². The summed E-state index contributed by atoms with van der Waals surface area (Å²) in [5.74, 6) is -1.24. The van der Waals surface area contributed by atoms with Gasteiger partial charge in [0.2, 0.25) is 0 Å². The third-order valence-electron chi connectivity index (χ3n) is 3.51. The molecule has 12 heteroatoms. The minimum atomic E-state index is -1.66. The lowest BCUT2D eigenvalue weighted by Crippen LogP contribution is -2.09. The van der Waals surface area contributed by atoms with Crippen molar-refractivity contribution >= 4 is 24.6 Å². The van der Waals surface area contributed by atoms with Gasteiger partial charge in [0.15, 0.2) is 23.0 Å². The van der Waals surface area contributed by atoms with Crippen LogP contribution in [0.3, 0.4) is 0 Å². The van der Waals surface area contributed by atoms with Gasteiger partial charge in [-0.05, 0) is 48.2 Å². The minimum Gasteiger partial charge on any atom is -0.449 e. The van der Waals surface area contributed by atoms with E-state index in [4.69, 9.17) is 20.4 Å². The van der Waals surface area contributed by atoms with E-state index in [-0.39, 0.29) is 23.0 Å². The number of carboxylic acid groups (broad SMARTS) is 4. The van der Waals surface area contributed by atoms with Gasteiger partial charge in [-0.25, -0.2) is 19.2 Å². The Morgan fingerprint density at radius 1 is 0.533 bits per heavy atom. The molecule has 30 heavy (non-hydrogen) atoms. The van der Waals surface area contributed by atoms with Crippen LogP contribution in [0.25, 0.3) is 0 Å². The largest absolute Gasteiger partial charge is 0.511 e. The molecule has 0 bridgehead atoms. The molecule has 12 nitrogen and oxygen atoms in total. The van der Waals surface area contributed by atoms with Crippen molar-refractivity contribution in [3.05, 3.63) is 47.5 Å². The third kappa shape index (κ3) is 6.60. The highest BCUT2D eigenvalue weighted by Crippen LogP contribution is 2.31. The normalized spacial score (nSPS) is 10.0. The zero-order valence-electron chi connectivity index (χ0n) is 14.9. The Morgan fingerprint density at radius 2 is 0.833 bits per heavy atom. The van der Waals surface area contributed by atoms with E-state index in [0.29, 0.717) is 24.0 Å². The van der Waals surface area contributed by atoms with Gasteiger partial charge >= 0.3 is 24.6 Å².